The minimum Gasteiger partial charge on any atom is -0.489 e. The molecule has 1 atom stereocenters. The molecule has 0 saturated carbocycles. The Kier molecular flexibility index (Phi) is 5.39. The van der Waals surface area contributed by atoms with E-state index in [-0.39, 0.29) is 31.1 Å². The summed E-state index contributed by atoms with van der Waals surface area (Å²) in [5.41, 5.74) is 0.648. The highest BCUT2D eigenvalue weighted by Crippen LogP contribution is 2.39. The summed E-state index contributed by atoms with van der Waals surface area (Å²) in [6.07, 6.45) is -3.47. The Bertz CT molecular complexity index is 1110. The number of nitro groups is 1. The van der Waals surface area contributed by atoms with E-state index in [0.29, 0.717) is 16.2 Å². The number of carbonyl (C=O) groups excluding carboxylic acids is 1. The van der Waals surface area contributed by atoms with Crippen LogP contribution in [0.15, 0.2) is 48.0 Å². The zero-order valence-electron chi connectivity index (χ0n) is 15.8. The Morgan fingerprint density at radius 1 is 1.29 bits per heavy atom. The number of alkyl halides is 3. The molecule has 0 radical (unpaired) electrons. The number of ether oxygens (including phenoxy) is 1. The average Bonchev–Trinajstić information content (AvgIpc) is 3.40. The molecule has 1 aliphatic rings. The molecule has 0 saturated heterocycles. The number of rotatable bonds is 5. The van der Waals surface area contributed by atoms with E-state index in [0.717, 1.165) is 16.0 Å². The molecule has 0 bridgehead atoms. The Labute approximate surface area is 177 Å². The van der Waals surface area contributed by atoms with Gasteiger partial charge in [-0.25, -0.2) is 4.68 Å². The van der Waals surface area contributed by atoms with E-state index in [2.05, 4.69) is 5.10 Å². The van der Waals surface area contributed by atoms with Gasteiger partial charge in [0, 0.05) is 30.3 Å². The lowest BCUT2D eigenvalue weighted by Crippen LogP contribution is -2.42. The number of hydrogen-bond donors (Lipinski definition) is 0. The van der Waals surface area contributed by atoms with Gasteiger partial charge >= 0.3 is 6.18 Å². The van der Waals surface area contributed by atoms with Gasteiger partial charge in [-0.2, -0.15) is 18.3 Å². The standard InChI is InChI=1S/C19H15F3N4O4S/c20-19(21,22)16-6-8-24(17-5-7-23-25(16)17)18(27)15-9-12(11-31-15)10-30-14-3-1-13(2-4-14)26(28)29/h1-5,7,9,11,16H,6,8,10H2. The molecule has 162 valence electrons. The number of aromatic nitrogens is 2. The van der Waals surface area contributed by atoms with Crippen molar-refractivity contribution >= 4 is 28.7 Å². The van der Waals surface area contributed by atoms with Crippen LogP contribution in [0, 0.1) is 10.1 Å². The lowest BCUT2D eigenvalue weighted by molar-refractivity contribution is -0.384. The summed E-state index contributed by atoms with van der Waals surface area (Å²) in [6, 6.07) is 6.86. The second-order valence-electron chi connectivity index (χ2n) is 6.80. The Morgan fingerprint density at radius 2 is 2.03 bits per heavy atom. The highest BCUT2D eigenvalue weighted by molar-refractivity contribution is 7.12. The number of nitro benzene ring substituents is 1. The summed E-state index contributed by atoms with van der Waals surface area (Å²) in [5.74, 6) is 0.132. The van der Waals surface area contributed by atoms with Gasteiger partial charge in [-0.05, 0) is 30.0 Å². The van der Waals surface area contributed by atoms with Crippen LogP contribution in [0.25, 0.3) is 0 Å². The molecular formula is C19H15F3N4O4S. The van der Waals surface area contributed by atoms with E-state index in [1.807, 2.05) is 0 Å². The number of nitrogens with zero attached hydrogens (tertiary/aromatic N) is 4. The van der Waals surface area contributed by atoms with Crippen LogP contribution in [0.1, 0.15) is 27.7 Å². The van der Waals surface area contributed by atoms with E-state index in [1.165, 1.54) is 41.4 Å². The van der Waals surface area contributed by atoms with Gasteiger partial charge < -0.3 is 4.74 Å². The van der Waals surface area contributed by atoms with Crippen LogP contribution in [0.5, 0.6) is 5.75 Å². The van der Waals surface area contributed by atoms with Crippen molar-refractivity contribution in [3.8, 4) is 5.75 Å². The second kappa shape index (κ2) is 8.02. The number of benzene rings is 1. The van der Waals surface area contributed by atoms with Crippen molar-refractivity contribution in [2.75, 3.05) is 11.4 Å². The molecular weight excluding hydrogens is 437 g/mol. The quantitative estimate of drug-likeness (QED) is 0.417. The van der Waals surface area contributed by atoms with Crippen LogP contribution in [0.4, 0.5) is 24.7 Å². The SMILES string of the molecule is O=C(c1cc(COc2ccc([N+](=O)[O-])cc2)cs1)N1CCC(C(F)(F)F)n2nccc21. The van der Waals surface area contributed by atoms with Gasteiger partial charge in [-0.1, -0.05) is 0 Å². The maximum Gasteiger partial charge on any atom is 0.410 e. The molecule has 1 aliphatic heterocycles. The fourth-order valence-corrected chi connectivity index (χ4v) is 4.13. The van der Waals surface area contributed by atoms with Gasteiger partial charge in [-0.3, -0.25) is 19.8 Å². The van der Waals surface area contributed by atoms with Crippen molar-refractivity contribution in [2.45, 2.75) is 25.2 Å². The molecule has 3 aromatic rings. The van der Waals surface area contributed by atoms with Crippen LogP contribution in [0.3, 0.4) is 0 Å². The van der Waals surface area contributed by atoms with Gasteiger partial charge in [-0.15, -0.1) is 11.3 Å². The number of fused-ring (bicyclic) bond motifs is 1. The van der Waals surface area contributed by atoms with Crippen molar-refractivity contribution in [2.24, 2.45) is 0 Å². The first-order valence-corrected chi connectivity index (χ1v) is 9.99. The van der Waals surface area contributed by atoms with Crippen molar-refractivity contribution in [3.05, 3.63) is 68.5 Å². The highest BCUT2D eigenvalue weighted by Gasteiger charge is 2.46. The molecule has 1 amide bonds. The third-order valence-electron chi connectivity index (χ3n) is 4.79. The molecule has 1 aromatic carbocycles. The van der Waals surface area contributed by atoms with Crippen LogP contribution in [0.2, 0.25) is 0 Å². The van der Waals surface area contributed by atoms with Crippen molar-refractivity contribution < 1.29 is 27.6 Å². The van der Waals surface area contributed by atoms with E-state index >= 15 is 0 Å². The summed E-state index contributed by atoms with van der Waals surface area (Å²) in [4.78, 5) is 24.7. The molecule has 0 N–H and O–H groups in total. The number of non-ortho nitro benzene ring substituents is 1. The molecule has 1 unspecified atom stereocenters. The summed E-state index contributed by atoms with van der Waals surface area (Å²) in [6.45, 7) is 0.0664. The average molecular weight is 452 g/mol. The molecule has 0 fully saturated rings. The van der Waals surface area contributed by atoms with Gasteiger partial charge in [0.1, 0.15) is 18.2 Å². The number of thiophene rings is 1. The lowest BCUT2D eigenvalue weighted by Gasteiger charge is -2.33. The Balaban J connectivity index is 1.44. The molecule has 31 heavy (non-hydrogen) atoms. The zero-order chi connectivity index (χ0) is 22.2. The fourth-order valence-electron chi connectivity index (χ4n) is 3.28. The van der Waals surface area contributed by atoms with E-state index in [9.17, 15) is 28.1 Å². The summed E-state index contributed by atoms with van der Waals surface area (Å²) in [5, 5.41) is 16.2. The minimum atomic E-state index is -4.44. The first-order valence-electron chi connectivity index (χ1n) is 9.11. The molecule has 8 nitrogen and oxygen atoms in total. The largest absolute Gasteiger partial charge is 0.489 e. The number of halogens is 3. The Hall–Kier alpha value is -3.41. The number of anilines is 1. The van der Waals surface area contributed by atoms with E-state index in [4.69, 9.17) is 4.74 Å². The van der Waals surface area contributed by atoms with E-state index < -0.39 is 23.0 Å². The third-order valence-corrected chi connectivity index (χ3v) is 5.75. The molecule has 0 spiro atoms. The number of amides is 1. The first-order chi connectivity index (χ1) is 14.7. The second-order valence-corrected chi connectivity index (χ2v) is 7.71. The lowest BCUT2D eigenvalue weighted by atomic mass is 10.1. The molecule has 4 rings (SSSR count). The van der Waals surface area contributed by atoms with Crippen LogP contribution >= 0.6 is 11.3 Å². The smallest absolute Gasteiger partial charge is 0.410 e. The van der Waals surface area contributed by atoms with Crippen LogP contribution in [-0.2, 0) is 6.61 Å². The van der Waals surface area contributed by atoms with Crippen molar-refractivity contribution in [3.63, 3.8) is 0 Å². The summed E-state index contributed by atoms with van der Waals surface area (Å²) in [7, 11) is 0. The fraction of sp³-hybridized carbons (Fsp3) is 0.263. The number of hydrogen-bond acceptors (Lipinski definition) is 6. The van der Waals surface area contributed by atoms with Crippen molar-refractivity contribution in [1.29, 1.82) is 0 Å². The normalized spacial score (nSPS) is 16.1. The molecule has 3 heterocycles. The Morgan fingerprint density at radius 3 is 2.71 bits per heavy atom. The van der Waals surface area contributed by atoms with Gasteiger partial charge in [0.2, 0.25) is 0 Å². The first kappa shape index (κ1) is 20.8. The summed E-state index contributed by atoms with van der Waals surface area (Å²) >= 11 is 1.16. The molecule has 2 aromatic heterocycles. The number of carbonyl (C=O) groups is 1. The van der Waals surface area contributed by atoms with E-state index in [1.54, 1.807) is 11.4 Å². The monoisotopic (exact) mass is 452 g/mol. The van der Waals surface area contributed by atoms with Crippen LogP contribution < -0.4 is 9.64 Å². The maximum absolute atomic E-state index is 13.2. The summed E-state index contributed by atoms with van der Waals surface area (Å²) < 4.78 is 46.1. The van der Waals surface area contributed by atoms with Gasteiger partial charge in [0.15, 0.2) is 6.04 Å². The van der Waals surface area contributed by atoms with Gasteiger partial charge in [0.05, 0.1) is 16.0 Å². The highest BCUT2D eigenvalue weighted by atomic mass is 32.1. The third kappa shape index (κ3) is 4.24. The van der Waals surface area contributed by atoms with Crippen molar-refractivity contribution in [1.82, 2.24) is 9.78 Å². The van der Waals surface area contributed by atoms with Crippen LogP contribution in [-0.4, -0.2) is 33.3 Å². The van der Waals surface area contributed by atoms with Gasteiger partial charge in [0.25, 0.3) is 11.6 Å². The predicted octanol–water partition coefficient (Wildman–Crippen LogP) is 4.59. The minimum absolute atomic E-state index is 0.0516. The topological polar surface area (TPSA) is 90.5 Å². The zero-order valence-corrected chi connectivity index (χ0v) is 16.6. The maximum atomic E-state index is 13.2. The molecule has 12 heteroatoms. The molecule has 0 aliphatic carbocycles. The predicted molar refractivity (Wildman–Crippen MR) is 105 cm³/mol.